The molecule has 10 aromatic rings. The van der Waals surface area contributed by atoms with Crippen molar-refractivity contribution in [3.63, 3.8) is 0 Å². The van der Waals surface area contributed by atoms with Crippen molar-refractivity contribution in [1.82, 2.24) is 4.57 Å². The Hall–Kier alpha value is -8.15. The van der Waals surface area contributed by atoms with Crippen LogP contribution in [0.2, 0.25) is 0 Å². The van der Waals surface area contributed by atoms with E-state index in [1.165, 1.54) is 0 Å². The number of nitriles is 1. The minimum absolute atomic E-state index is 0.148. The number of benzene rings is 9. The van der Waals surface area contributed by atoms with Crippen LogP contribution in [0.25, 0.3) is 83.1 Å². The zero-order chi connectivity index (χ0) is 48.9. The molecular weight excluding hydrogens is 887 g/mol. The number of halogens is 6. The average molecular weight is 931 g/mol. The van der Waals surface area contributed by atoms with E-state index in [1.807, 2.05) is 66.7 Å². The number of hydrogen-bond donors (Lipinski definition) is 0. The van der Waals surface area contributed by atoms with Crippen LogP contribution in [0.1, 0.15) is 44.5 Å². The molecule has 344 valence electrons. The maximum Gasteiger partial charge on any atom is 0.416 e. The van der Waals surface area contributed by atoms with E-state index in [1.54, 1.807) is 30.3 Å². The van der Waals surface area contributed by atoms with Crippen LogP contribution in [0.3, 0.4) is 0 Å². The maximum atomic E-state index is 14.3. The second-order valence-corrected chi connectivity index (χ2v) is 17.9. The van der Waals surface area contributed by atoms with Crippen LogP contribution < -0.4 is 0 Å². The lowest BCUT2D eigenvalue weighted by molar-refractivity contribution is -0.143. The largest absolute Gasteiger partial charge is 0.416 e. The minimum atomic E-state index is -5.04. The van der Waals surface area contributed by atoms with Gasteiger partial charge in [-0.25, -0.2) is 0 Å². The van der Waals surface area contributed by atoms with Gasteiger partial charge in [-0.1, -0.05) is 121 Å². The fourth-order valence-corrected chi connectivity index (χ4v) is 9.91. The van der Waals surface area contributed by atoms with E-state index < -0.39 is 23.5 Å². The van der Waals surface area contributed by atoms with Crippen LogP contribution in [-0.2, 0) is 25.2 Å². The Balaban J connectivity index is 1.19. The number of alkyl halides is 6. The van der Waals surface area contributed by atoms with Crippen molar-refractivity contribution in [1.29, 1.82) is 5.26 Å². The first-order chi connectivity index (χ1) is 33.7. The second kappa shape index (κ2) is 18.1. The van der Waals surface area contributed by atoms with Crippen molar-refractivity contribution >= 4 is 21.8 Å². The van der Waals surface area contributed by atoms with Gasteiger partial charge in [0.2, 0.25) is 0 Å². The van der Waals surface area contributed by atoms with Gasteiger partial charge in [0.15, 0.2) is 0 Å². The Bertz CT molecular complexity index is 3660. The van der Waals surface area contributed by atoms with Crippen LogP contribution in [0.4, 0.5) is 26.3 Å². The first-order valence-electron chi connectivity index (χ1n) is 23.0. The van der Waals surface area contributed by atoms with Crippen molar-refractivity contribution in [3.05, 3.63) is 233 Å². The van der Waals surface area contributed by atoms with Crippen LogP contribution in [-0.4, -0.2) is 4.57 Å². The molecule has 0 fully saturated rings. The van der Waals surface area contributed by atoms with E-state index in [4.69, 9.17) is 0 Å². The molecule has 70 heavy (non-hydrogen) atoms. The van der Waals surface area contributed by atoms with E-state index >= 15 is 0 Å². The van der Waals surface area contributed by atoms with Gasteiger partial charge in [0.1, 0.15) is 0 Å². The normalized spacial score (nSPS) is 11.9. The zero-order valence-electron chi connectivity index (χ0n) is 38.5. The van der Waals surface area contributed by atoms with Crippen molar-refractivity contribution in [2.24, 2.45) is 0 Å². The van der Waals surface area contributed by atoms with Crippen molar-refractivity contribution in [3.8, 4) is 67.4 Å². The molecule has 0 aliphatic heterocycles. The third-order valence-corrected chi connectivity index (χ3v) is 13.5. The van der Waals surface area contributed by atoms with Crippen molar-refractivity contribution in [2.75, 3.05) is 0 Å². The Kier molecular flexibility index (Phi) is 11.8. The van der Waals surface area contributed by atoms with E-state index in [9.17, 15) is 31.6 Å². The van der Waals surface area contributed by atoms with Crippen molar-refractivity contribution < 1.29 is 26.3 Å². The van der Waals surface area contributed by atoms with E-state index in [2.05, 4.69) is 104 Å². The number of nitrogens with zero attached hydrogens (tertiary/aromatic N) is 2. The lowest BCUT2D eigenvalue weighted by atomic mass is 9.87. The highest BCUT2D eigenvalue weighted by atomic mass is 19.4. The standard InChI is InChI=1S/C62H44F6N2/c1-38-12-4-7-15-50(38)45-25-24-43(55(34-45)52-17-9-6-14-40(52)3)23-22-42-21-20-41(37-69)30-54(42)57-33-44(47-31-48(61(63,64)65)36-49(32-47)62(66,67)68)26-28-60(57)70-58-19-11-10-18-53(58)56-35-46(27-29-59(56)70)51-16-8-5-13-39(51)2/h4-21,24-36H,22-23H2,1-3H3. The molecule has 0 radical (unpaired) electrons. The Morgan fingerprint density at radius 2 is 0.886 bits per heavy atom. The lowest BCUT2D eigenvalue weighted by Gasteiger charge is -2.20. The highest BCUT2D eigenvalue weighted by Crippen LogP contribution is 2.44. The number of aryl methyl sites for hydroxylation is 5. The summed E-state index contributed by atoms with van der Waals surface area (Å²) in [5.74, 6) is 0. The monoisotopic (exact) mass is 930 g/mol. The molecule has 0 spiro atoms. The van der Waals surface area contributed by atoms with Gasteiger partial charge < -0.3 is 4.57 Å². The molecule has 10 rings (SSSR count). The highest BCUT2D eigenvalue weighted by Gasteiger charge is 2.37. The first kappa shape index (κ1) is 45.6. The van der Waals surface area contributed by atoms with Gasteiger partial charge in [-0.3, -0.25) is 0 Å². The molecule has 2 nitrogen and oxygen atoms in total. The topological polar surface area (TPSA) is 28.7 Å². The third kappa shape index (κ3) is 8.64. The molecule has 0 aliphatic carbocycles. The van der Waals surface area contributed by atoms with Gasteiger partial charge in [-0.2, -0.15) is 31.6 Å². The Labute approximate surface area is 402 Å². The van der Waals surface area contributed by atoms with E-state index in [0.717, 1.165) is 95.1 Å². The number of para-hydroxylation sites is 1. The fourth-order valence-electron chi connectivity index (χ4n) is 9.91. The van der Waals surface area contributed by atoms with Crippen LogP contribution in [0.15, 0.2) is 188 Å². The first-order valence-corrected chi connectivity index (χ1v) is 23.0. The Morgan fingerprint density at radius 1 is 0.400 bits per heavy atom. The van der Waals surface area contributed by atoms with Crippen LogP contribution in [0.5, 0.6) is 0 Å². The predicted octanol–water partition coefficient (Wildman–Crippen LogP) is 17.7. The maximum absolute atomic E-state index is 14.3. The summed E-state index contributed by atoms with van der Waals surface area (Å²) < 4.78 is 88.2. The number of fused-ring (bicyclic) bond motifs is 3. The molecule has 0 atom stereocenters. The van der Waals surface area contributed by atoms with Gasteiger partial charge in [0.25, 0.3) is 0 Å². The molecule has 1 aromatic heterocycles. The second-order valence-electron chi connectivity index (χ2n) is 17.9. The molecule has 0 saturated carbocycles. The third-order valence-electron chi connectivity index (χ3n) is 13.5. The zero-order valence-corrected chi connectivity index (χ0v) is 38.5. The SMILES string of the molecule is Cc1ccccc1-c1ccc(CCc2ccc(C#N)cc2-c2cc(-c3cc(C(F)(F)F)cc(C(F)(F)F)c3)ccc2-n2c3ccccc3c3cc(-c4ccccc4C)ccc32)c(-c2ccccc2C)c1. The molecule has 0 amide bonds. The summed E-state index contributed by atoms with van der Waals surface area (Å²) in [5, 5.41) is 12.3. The molecule has 0 aliphatic rings. The quantitative estimate of drug-likeness (QED) is 0.133. The summed E-state index contributed by atoms with van der Waals surface area (Å²) in [6, 6.07) is 59.8. The molecule has 8 heteroatoms. The van der Waals surface area contributed by atoms with Gasteiger partial charge in [-0.15, -0.1) is 0 Å². The van der Waals surface area contributed by atoms with Gasteiger partial charge in [-0.05, 0) is 178 Å². The molecule has 0 N–H and O–H groups in total. The van der Waals surface area contributed by atoms with Crippen LogP contribution in [0, 0.1) is 32.1 Å². The number of hydrogen-bond acceptors (Lipinski definition) is 1. The smallest absolute Gasteiger partial charge is 0.309 e. The summed E-state index contributed by atoms with van der Waals surface area (Å²) in [4.78, 5) is 0. The fraction of sp³-hybridized carbons (Fsp3) is 0.113. The van der Waals surface area contributed by atoms with Gasteiger partial charge in [0.05, 0.1) is 39.5 Å². The summed E-state index contributed by atoms with van der Waals surface area (Å²) in [6.45, 7) is 6.25. The summed E-state index contributed by atoms with van der Waals surface area (Å²) >= 11 is 0. The molecular formula is C62H44F6N2. The highest BCUT2D eigenvalue weighted by molar-refractivity contribution is 6.11. The summed E-state index contributed by atoms with van der Waals surface area (Å²) in [6.07, 6.45) is -9.02. The molecule has 0 unspecified atom stereocenters. The van der Waals surface area contributed by atoms with Crippen molar-refractivity contribution in [2.45, 2.75) is 46.0 Å². The van der Waals surface area contributed by atoms with Gasteiger partial charge >= 0.3 is 12.4 Å². The predicted molar refractivity (Wildman–Crippen MR) is 271 cm³/mol. The molecule has 9 aromatic carbocycles. The van der Waals surface area contributed by atoms with E-state index in [-0.39, 0.29) is 17.2 Å². The van der Waals surface area contributed by atoms with Gasteiger partial charge in [0, 0.05) is 16.3 Å². The Morgan fingerprint density at radius 3 is 1.49 bits per heavy atom. The average Bonchev–Trinajstić information content (AvgIpc) is 3.69. The van der Waals surface area contributed by atoms with E-state index in [0.29, 0.717) is 35.2 Å². The number of rotatable bonds is 9. The summed E-state index contributed by atoms with van der Waals surface area (Å²) in [5.41, 5.74) is 12.8. The lowest BCUT2D eigenvalue weighted by Crippen LogP contribution is -2.11. The minimum Gasteiger partial charge on any atom is -0.309 e. The number of aromatic nitrogens is 1. The van der Waals surface area contributed by atoms with Crippen LogP contribution >= 0.6 is 0 Å². The summed E-state index contributed by atoms with van der Waals surface area (Å²) in [7, 11) is 0. The molecule has 0 bridgehead atoms. The molecule has 1 heterocycles. The molecule has 0 saturated heterocycles.